The highest BCUT2D eigenvalue weighted by molar-refractivity contribution is 8.02. The van der Waals surface area contributed by atoms with Crippen molar-refractivity contribution in [2.45, 2.75) is 32.1 Å². The summed E-state index contributed by atoms with van der Waals surface area (Å²) in [6, 6.07) is 3.98. The number of thioether (sulfide) groups is 1. The molecule has 86 valence electrons. The van der Waals surface area contributed by atoms with Crippen LogP contribution in [0.3, 0.4) is 0 Å². The van der Waals surface area contributed by atoms with Crippen LogP contribution in [0.2, 0.25) is 0 Å². The average Bonchev–Trinajstić information content (AvgIpc) is 2.26. The summed E-state index contributed by atoms with van der Waals surface area (Å²) in [6.45, 7) is 1.95. The van der Waals surface area contributed by atoms with Crippen LogP contribution in [0.5, 0.6) is 0 Å². The van der Waals surface area contributed by atoms with E-state index in [2.05, 4.69) is 4.90 Å². The van der Waals surface area contributed by atoms with Gasteiger partial charge in [-0.25, -0.2) is 0 Å². The lowest BCUT2D eigenvalue weighted by atomic mass is 10.1. The third-order valence-corrected chi connectivity index (χ3v) is 3.62. The fourth-order valence-electron chi connectivity index (χ4n) is 1.96. The van der Waals surface area contributed by atoms with E-state index in [9.17, 15) is 0 Å². The van der Waals surface area contributed by atoms with Gasteiger partial charge in [0, 0.05) is 13.1 Å². The van der Waals surface area contributed by atoms with Gasteiger partial charge in [-0.1, -0.05) is 19.3 Å². The second-order valence-electron chi connectivity index (χ2n) is 3.86. The minimum absolute atomic E-state index is 0.257. The first-order valence-corrected chi connectivity index (χ1v) is 6.89. The Kier molecular flexibility index (Phi) is 5.82. The van der Waals surface area contributed by atoms with Crippen LogP contribution in [-0.4, -0.2) is 24.2 Å². The number of likely N-dealkylation sites (tertiary alicyclic amines) is 1. The molecule has 1 saturated heterocycles. The van der Waals surface area contributed by atoms with Crippen LogP contribution in [-0.2, 0) is 0 Å². The Morgan fingerprint density at radius 1 is 1.00 bits per heavy atom. The molecular formula is C12H17N3S. The van der Waals surface area contributed by atoms with Crippen LogP contribution in [0.1, 0.15) is 32.1 Å². The zero-order valence-electron chi connectivity index (χ0n) is 9.70. The molecule has 1 rings (SSSR count). The molecule has 0 atom stereocenters. The molecule has 3 nitrogen and oxygen atoms in total. The summed E-state index contributed by atoms with van der Waals surface area (Å²) in [5, 5.41) is 18.7. The van der Waals surface area contributed by atoms with Crippen molar-refractivity contribution < 1.29 is 0 Å². The molecule has 0 saturated carbocycles. The first-order valence-electron chi connectivity index (χ1n) is 5.67. The van der Waals surface area contributed by atoms with Crippen LogP contribution >= 0.6 is 11.8 Å². The molecule has 0 spiro atoms. The molecule has 0 radical (unpaired) electrons. The Bertz CT molecular complexity index is 311. The summed E-state index contributed by atoms with van der Waals surface area (Å²) >= 11 is 1.51. The van der Waals surface area contributed by atoms with Crippen molar-refractivity contribution >= 4 is 11.8 Å². The summed E-state index contributed by atoms with van der Waals surface area (Å²) in [6.07, 6.45) is 8.08. The topological polar surface area (TPSA) is 50.8 Å². The molecule has 0 bridgehead atoms. The Hall–Kier alpha value is -1.13. The SMILES string of the molecule is CSC(=C(C#N)C#N)N1CCCCCCC1. The van der Waals surface area contributed by atoms with E-state index >= 15 is 0 Å². The van der Waals surface area contributed by atoms with Gasteiger partial charge in [-0.2, -0.15) is 10.5 Å². The van der Waals surface area contributed by atoms with Crippen LogP contribution in [0.25, 0.3) is 0 Å². The first-order chi connectivity index (χ1) is 7.83. The Balaban J connectivity index is 2.82. The van der Waals surface area contributed by atoms with Crippen molar-refractivity contribution in [1.29, 1.82) is 10.5 Å². The summed E-state index contributed by atoms with van der Waals surface area (Å²) in [7, 11) is 0. The molecule has 1 fully saturated rings. The van der Waals surface area contributed by atoms with Gasteiger partial charge in [0.25, 0.3) is 0 Å². The fraction of sp³-hybridized carbons (Fsp3) is 0.667. The second-order valence-corrected chi connectivity index (χ2v) is 4.66. The predicted octanol–water partition coefficient (Wildman–Crippen LogP) is 2.87. The van der Waals surface area contributed by atoms with E-state index in [1.165, 1.54) is 31.0 Å². The summed E-state index contributed by atoms with van der Waals surface area (Å²) in [4.78, 5) is 2.20. The van der Waals surface area contributed by atoms with Gasteiger partial charge in [0.05, 0.1) is 5.03 Å². The van der Waals surface area contributed by atoms with Gasteiger partial charge in [-0.15, -0.1) is 11.8 Å². The highest BCUT2D eigenvalue weighted by Gasteiger charge is 2.15. The third kappa shape index (κ3) is 3.47. The zero-order chi connectivity index (χ0) is 11.8. The second kappa shape index (κ2) is 7.19. The lowest BCUT2D eigenvalue weighted by Gasteiger charge is -2.28. The maximum absolute atomic E-state index is 8.91. The zero-order valence-corrected chi connectivity index (χ0v) is 10.5. The van der Waals surface area contributed by atoms with E-state index in [0.29, 0.717) is 0 Å². The van der Waals surface area contributed by atoms with E-state index in [1.54, 1.807) is 0 Å². The van der Waals surface area contributed by atoms with Crippen LogP contribution < -0.4 is 0 Å². The number of rotatable bonds is 2. The van der Waals surface area contributed by atoms with Crippen molar-refractivity contribution in [3.8, 4) is 12.1 Å². The number of hydrogen-bond acceptors (Lipinski definition) is 4. The highest BCUT2D eigenvalue weighted by Crippen LogP contribution is 2.24. The predicted molar refractivity (Wildman–Crippen MR) is 66.4 cm³/mol. The minimum Gasteiger partial charge on any atom is -0.365 e. The van der Waals surface area contributed by atoms with E-state index in [0.717, 1.165) is 31.0 Å². The molecule has 4 heteroatoms. The molecule has 0 amide bonds. The summed E-state index contributed by atoms with van der Waals surface area (Å²) in [5.74, 6) is 0. The maximum atomic E-state index is 8.91. The number of hydrogen-bond donors (Lipinski definition) is 0. The quantitative estimate of drug-likeness (QED) is 0.691. The fourth-order valence-corrected chi connectivity index (χ4v) is 2.70. The van der Waals surface area contributed by atoms with Gasteiger partial charge in [-0.3, -0.25) is 0 Å². The molecule has 0 aromatic carbocycles. The minimum atomic E-state index is 0.257. The molecule has 1 heterocycles. The standard InChI is InChI=1S/C12H17N3S/c1-16-12(11(9-13)10-14)15-7-5-3-2-4-6-8-15/h2-8H2,1H3. The molecule has 1 aliphatic rings. The largest absolute Gasteiger partial charge is 0.365 e. The van der Waals surface area contributed by atoms with Crippen molar-refractivity contribution in [2.75, 3.05) is 19.3 Å². The highest BCUT2D eigenvalue weighted by atomic mass is 32.2. The van der Waals surface area contributed by atoms with E-state index < -0.39 is 0 Å². The normalized spacial score (nSPS) is 16.6. The van der Waals surface area contributed by atoms with Gasteiger partial charge in [0.15, 0.2) is 5.57 Å². The van der Waals surface area contributed by atoms with Crippen LogP contribution in [0, 0.1) is 22.7 Å². The lowest BCUT2D eigenvalue weighted by molar-refractivity contribution is 0.322. The average molecular weight is 235 g/mol. The van der Waals surface area contributed by atoms with E-state index in [-0.39, 0.29) is 5.57 Å². The molecule has 1 aliphatic heterocycles. The molecule has 16 heavy (non-hydrogen) atoms. The van der Waals surface area contributed by atoms with Crippen LogP contribution in [0.4, 0.5) is 0 Å². The molecule has 0 unspecified atom stereocenters. The van der Waals surface area contributed by atoms with E-state index in [4.69, 9.17) is 10.5 Å². The van der Waals surface area contributed by atoms with Crippen molar-refractivity contribution in [2.24, 2.45) is 0 Å². The van der Waals surface area contributed by atoms with Gasteiger partial charge < -0.3 is 4.90 Å². The number of allylic oxidation sites excluding steroid dienone is 1. The Morgan fingerprint density at radius 2 is 1.50 bits per heavy atom. The van der Waals surface area contributed by atoms with Gasteiger partial charge >= 0.3 is 0 Å². The first kappa shape index (κ1) is 12.9. The molecule has 0 N–H and O–H groups in total. The number of nitrogens with zero attached hydrogens (tertiary/aromatic N) is 3. The van der Waals surface area contributed by atoms with Gasteiger partial charge in [0.2, 0.25) is 0 Å². The van der Waals surface area contributed by atoms with Crippen LogP contribution in [0.15, 0.2) is 10.6 Å². The molecular weight excluding hydrogens is 218 g/mol. The Labute approximate surface area is 102 Å². The number of nitriles is 2. The van der Waals surface area contributed by atoms with Crippen molar-refractivity contribution in [3.05, 3.63) is 10.6 Å². The van der Waals surface area contributed by atoms with Crippen molar-refractivity contribution in [1.82, 2.24) is 4.90 Å². The smallest absolute Gasteiger partial charge is 0.159 e. The Morgan fingerprint density at radius 3 is 1.94 bits per heavy atom. The summed E-state index contributed by atoms with van der Waals surface area (Å²) in [5.41, 5.74) is 0.257. The van der Waals surface area contributed by atoms with Crippen molar-refractivity contribution in [3.63, 3.8) is 0 Å². The van der Waals surface area contributed by atoms with Gasteiger partial charge in [0.1, 0.15) is 12.1 Å². The molecule has 0 aromatic rings. The monoisotopic (exact) mass is 235 g/mol. The van der Waals surface area contributed by atoms with E-state index in [1.807, 2.05) is 18.4 Å². The molecule has 0 aliphatic carbocycles. The summed E-state index contributed by atoms with van der Waals surface area (Å²) < 4.78 is 0. The van der Waals surface area contributed by atoms with Gasteiger partial charge in [-0.05, 0) is 19.1 Å². The maximum Gasteiger partial charge on any atom is 0.159 e. The third-order valence-electron chi connectivity index (χ3n) is 2.77. The lowest BCUT2D eigenvalue weighted by Crippen LogP contribution is -2.26. The molecule has 0 aromatic heterocycles.